The molecule has 1 heterocycles. The largest absolute Gasteiger partial charge is 0.396 e. The Labute approximate surface area is 116 Å². The second-order valence-electron chi connectivity index (χ2n) is 4.85. The van der Waals surface area contributed by atoms with Crippen molar-refractivity contribution in [3.63, 3.8) is 0 Å². The number of carbonyl (C=O) groups is 1. The van der Waals surface area contributed by atoms with Gasteiger partial charge >= 0.3 is 0 Å². The second kappa shape index (κ2) is 6.76. The van der Waals surface area contributed by atoms with Crippen molar-refractivity contribution < 1.29 is 23.4 Å². The molecular formula is C14H17F2NO3. The average molecular weight is 285 g/mol. The predicted octanol–water partition coefficient (Wildman–Crippen LogP) is 0.975. The van der Waals surface area contributed by atoms with Gasteiger partial charge in [0, 0.05) is 31.2 Å². The zero-order valence-electron chi connectivity index (χ0n) is 11.0. The first-order valence-electron chi connectivity index (χ1n) is 6.51. The number of aliphatic hydroxyl groups is 1. The molecule has 0 aliphatic carbocycles. The Morgan fingerprint density at radius 3 is 3.00 bits per heavy atom. The molecule has 1 fully saturated rings. The lowest BCUT2D eigenvalue weighted by Crippen LogP contribution is -2.37. The molecule has 1 N–H and O–H groups in total. The van der Waals surface area contributed by atoms with Crippen LogP contribution >= 0.6 is 0 Å². The number of aliphatic hydroxyl groups excluding tert-OH is 1. The standard InChI is InChI=1S/C14H17F2NO3/c15-12-3-1-2-11(14(12)16)6-13(19)17-4-5-20-9-10(7-17)8-18/h1-3,10,18H,4-9H2/t10-/m0/s1. The van der Waals surface area contributed by atoms with Gasteiger partial charge in [0.1, 0.15) is 0 Å². The Hall–Kier alpha value is -1.53. The summed E-state index contributed by atoms with van der Waals surface area (Å²) in [6.07, 6.45) is -0.193. The molecule has 4 nitrogen and oxygen atoms in total. The van der Waals surface area contributed by atoms with Crippen LogP contribution in [0.1, 0.15) is 5.56 Å². The molecule has 0 saturated carbocycles. The zero-order chi connectivity index (χ0) is 14.5. The molecule has 0 bridgehead atoms. The summed E-state index contributed by atoms with van der Waals surface area (Å²) < 4.78 is 31.9. The number of rotatable bonds is 3. The molecule has 1 aromatic carbocycles. The van der Waals surface area contributed by atoms with E-state index in [4.69, 9.17) is 9.84 Å². The average Bonchev–Trinajstić information content (AvgIpc) is 2.69. The van der Waals surface area contributed by atoms with Crippen LogP contribution in [0.2, 0.25) is 0 Å². The molecule has 0 aromatic heterocycles. The van der Waals surface area contributed by atoms with Gasteiger partial charge in [-0.15, -0.1) is 0 Å². The van der Waals surface area contributed by atoms with E-state index in [9.17, 15) is 13.6 Å². The molecule has 1 aromatic rings. The summed E-state index contributed by atoms with van der Waals surface area (Å²) >= 11 is 0. The Kier molecular flexibility index (Phi) is 5.03. The van der Waals surface area contributed by atoms with E-state index >= 15 is 0 Å². The van der Waals surface area contributed by atoms with Gasteiger partial charge < -0.3 is 14.7 Å². The summed E-state index contributed by atoms with van der Waals surface area (Å²) in [5, 5.41) is 9.16. The third-order valence-corrected chi connectivity index (χ3v) is 3.32. The van der Waals surface area contributed by atoms with E-state index in [0.29, 0.717) is 26.3 Å². The van der Waals surface area contributed by atoms with Gasteiger partial charge in [0.2, 0.25) is 5.91 Å². The molecule has 1 aliphatic heterocycles. The lowest BCUT2D eigenvalue weighted by Gasteiger charge is -2.22. The van der Waals surface area contributed by atoms with E-state index in [0.717, 1.165) is 6.07 Å². The van der Waals surface area contributed by atoms with Crippen LogP contribution in [-0.2, 0) is 16.0 Å². The van der Waals surface area contributed by atoms with E-state index in [1.54, 1.807) is 0 Å². The highest BCUT2D eigenvalue weighted by Gasteiger charge is 2.23. The highest BCUT2D eigenvalue weighted by molar-refractivity contribution is 5.78. The topological polar surface area (TPSA) is 49.8 Å². The van der Waals surface area contributed by atoms with Gasteiger partial charge in [0.15, 0.2) is 11.6 Å². The van der Waals surface area contributed by atoms with Crippen molar-refractivity contribution >= 4 is 5.91 Å². The SMILES string of the molecule is O=C(Cc1cccc(F)c1F)N1CCOC[C@H](CO)C1. The fourth-order valence-corrected chi connectivity index (χ4v) is 2.18. The minimum Gasteiger partial charge on any atom is -0.396 e. The summed E-state index contributed by atoms with van der Waals surface area (Å²) in [6.45, 7) is 1.47. The number of amides is 1. The Balaban J connectivity index is 2.05. The normalized spacial score (nSPS) is 19.8. The van der Waals surface area contributed by atoms with Gasteiger partial charge in [-0.1, -0.05) is 12.1 Å². The fourth-order valence-electron chi connectivity index (χ4n) is 2.18. The fraction of sp³-hybridized carbons (Fsp3) is 0.500. The number of benzene rings is 1. The summed E-state index contributed by atoms with van der Waals surface area (Å²) in [4.78, 5) is 13.7. The van der Waals surface area contributed by atoms with Crippen LogP contribution in [0, 0.1) is 17.6 Å². The summed E-state index contributed by atoms with van der Waals surface area (Å²) in [6, 6.07) is 3.79. The van der Waals surface area contributed by atoms with Crippen molar-refractivity contribution in [2.45, 2.75) is 6.42 Å². The molecule has 2 rings (SSSR count). The van der Waals surface area contributed by atoms with Crippen molar-refractivity contribution in [3.8, 4) is 0 Å². The van der Waals surface area contributed by atoms with Gasteiger partial charge in [-0.25, -0.2) is 8.78 Å². The Morgan fingerprint density at radius 1 is 1.45 bits per heavy atom. The highest BCUT2D eigenvalue weighted by Crippen LogP contribution is 2.14. The number of hydrogen-bond acceptors (Lipinski definition) is 3. The Bertz CT molecular complexity index is 481. The van der Waals surface area contributed by atoms with Crippen molar-refractivity contribution in [1.82, 2.24) is 4.90 Å². The molecular weight excluding hydrogens is 268 g/mol. The molecule has 20 heavy (non-hydrogen) atoms. The van der Waals surface area contributed by atoms with Gasteiger partial charge in [-0.3, -0.25) is 4.79 Å². The van der Waals surface area contributed by atoms with Crippen LogP contribution in [-0.4, -0.2) is 48.8 Å². The maximum atomic E-state index is 13.5. The Morgan fingerprint density at radius 2 is 2.25 bits per heavy atom. The molecule has 0 unspecified atom stereocenters. The number of ether oxygens (including phenoxy) is 1. The quantitative estimate of drug-likeness (QED) is 0.900. The number of halogens is 2. The van der Waals surface area contributed by atoms with E-state index in [1.165, 1.54) is 17.0 Å². The van der Waals surface area contributed by atoms with Gasteiger partial charge in [0.05, 0.1) is 19.6 Å². The number of carbonyl (C=O) groups excluding carboxylic acids is 1. The first-order chi connectivity index (χ1) is 9.61. The lowest BCUT2D eigenvalue weighted by molar-refractivity contribution is -0.131. The van der Waals surface area contributed by atoms with Gasteiger partial charge in [-0.2, -0.15) is 0 Å². The lowest BCUT2D eigenvalue weighted by atomic mass is 10.1. The van der Waals surface area contributed by atoms with Crippen LogP contribution in [0.4, 0.5) is 8.78 Å². The van der Waals surface area contributed by atoms with E-state index in [1.807, 2.05) is 0 Å². The third kappa shape index (κ3) is 3.52. The maximum Gasteiger partial charge on any atom is 0.227 e. The van der Waals surface area contributed by atoms with Crippen LogP contribution in [0.5, 0.6) is 0 Å². The molecule has 1 aliphatic rings. The predicted molar refractivity (Wildman–Crippen MR) is 68.0 cm³/mol. The van der Waals surface area contributed by atoms with E-state index in [-0.39, 0.29) is 30.4 Å². The number of nitrogens with zero attached hydrogens (tertiary/aromatic N) is 1. The van der Waals surface area contributed by atoms with E-state index < -0.39 is 11.6 Å². The first kappa shape index (κ1) is 14.9. The monoisotopic (exact) mass is 285 g/mol. The van der Waals surface area contributed by atoms with Crippen LogP contribution < -0.4 is 0 Å². The zero-order valence-corrected chi connectivity index (χ0v) is 11.0. The summed E-state index contributed by atoms with van der Waals surface area (Å²) in [7, 11) is 0. The molecule has 6 heteroatoms. The minimum atomic E-state index is -0.981. The second-order valence-corrected chi connectivity index (χ2v) is 4.85. The smallest absolute Gasteiger partial charge is 0.227 e. The van der Waals surface area contributed by atoms with Gasteiger partial charge in [0.25, 0.3) is 0 Å². The molecule has 110 valence electrons. The molecule has 1 atom stereocenters. The molecule has 0 spiro atoms. The van der Waals surface area contributed by atoms with Crippen LogP contribution in [0.15, 0.2) is 18.2 Å². The van der Waals surface area contributed by atoms with Gasteiger partial charge in [-0.05, 0) is 6.07 Å². The number of hydrogen-bond donors (Lipinski definition) is 1. The maximum absolute atomic E-state index is 13.5. The minimum absolute atomic E-state index is 0.0423. The van der Waals surface area contributed by atoms with Crippen molar-refractivity contribution in [1.29, 1.82) is 0 Å². The highest BCUT2D eigenvalue weighted by atomic mass is 19.2. The van der Waals surface area contributed by atoms with Crippen LogP contribution in [0.3, 0.4) is 0 Å². The van der Waals surface area contributed by atoms with Crippen molar-refractivity contribution in [3.05, 3.63) is 35.4 Å². The summed E-state index contributed by atoms with van der Waals surface area (Å²) in [5.74, 6) is -2.37. The van der Waals surface area contributed by atoms with Crippen molar-refractivity contribution in [2.75, 3.05) is 32.9 Å². The van der Waals surface area contributed by atoms with Crippen LogP contribution in [0.25, 0.3) is 0 Å². The van der Waals surface area contributed by atoms with E-state index in [2.05, 4.69) is 0 Å². The molecule has 1 saturated heterocycles. The third-order valence-electron chi connectivity index (χ3n) is 3.32. The molecule has 1 amide bonds. The van der Waals surface area contributed by atoms with Crippen molar-refractivity contribution in [2.24, 2.45) is 5.92 Å². The summed E-state index contributed by atoms with van der Waals surface area (Å²) in [5.41, 5.74) is 0.0423. The molecule has 0 radical (unpaired) electrons. The first-order valence-corrected chi connectivity index (χ1v) is 6.51.